The number of rotatable bonds is 4. The van der Waals surface area contributed by atoms with Crippen molar-refractivity contribution in [2.75, 3.05) is 44.4 Å². The molecule has 8 nitrogen and oxygen atoms in total. The van der Waals surface area contributed by atoms with E-state index in [1.54, 1.807) is 7.05 Å². The van der Waals surface area contributed by atoms with Crippen LogP contribution in [-0.2, 0) is 0 Å². The molecule has 1 N–H and O–H groups in total. The molecule has 2 heterocycles. The van der Waals surface area contributed by atoms with Crippen LogP contribution in [0.25, 0.3) is 0 Å². The van der Waals surface area contributed by atoms with Gasteiger partial charge in [0.15, 0.2) is 0 Å². The Morgan fingerprint density at radius 2 is 2.30 bits per heavy atom. The van der Waals surface area contributed by atoms with E-state index in [4.69, 9.17) is 0 Å². The van der Waals surface area contributed by atoms with E-state index in [2.05, 4.69) is 20.2 Å². The Kier molecular flexibility index (Phi) is 4.33. The minimum atomic E-state index is -0.423. The predicted octanol–water partition coefficient (Wildman–Crippen LogP) is 0.957. The summed E-state index contributed by atoms with van der Waals surface area (Å²) in [6, 6.07) is 0.386. The van der Waals surface area contributed by atoms with Crippen molar-refractivity contribution in [2.45, 2.75) is 18.9 Å². The van der Waals surface area contributed by atoms with Crippen LogP contribution in [0, 0.1) is 10.1 Å². The second-order valence-corrected chi connectivity index (χ2v) is 5.12. The maximum Gasteiger partial charge on any atom is 0.329 e. The third-order valence-electron chi connectivity index (χ3n) is 3.60. The summed E-state index contributed by atoms with van der Waals surface area (Å²) in [7, 11) is 5.76. The van der Waals surface area contributed by atoms with Crippen molar-refractivity contribution >= 4 is 17.5 Å². The highest BCUT2D eigenvalue weighted by atomic mass is 16.6. The molecule has 1 atom stereocenters. The summed E-state index contributed by atoms with van der Waals surface area (Å²) >= 11 is 0. The van der Waals surface area contributed by atoms with Gasteiger partial charge < -0.3 is 15.1 Å². The van der Waals surface area contributed by atoms with Gasteiger partial charge in [-0.05, 0) is 26.9 Å². The first-order chi connectivity index (χ1) is 9.52. The van der Waals surface area contributed by atoms with Crippen molar-refractivity contribution < 1.29 is 4.92 Å². The fourth-order valence-electron chi connectivity index (χ4n) is 2.42. The van der Waals surface area contributed by atoms with Crippen LogP contribution in [0.15, 0.2) is 6.20 Å². The largest absolute Gasteiger partial charge is 0.357 e. The molecule has 110 valence electrons. The second kappa shape index (κ2) is 6.00. The second-order valence-electron chi connectivity index (χ2n) is 5.12. The van der Waals surface area contributed by atoms with E-state index in [1.807, 2.05) is 19.0 Å². The lowest BCUT2D eigenvalue weighted by atomic mass is 10.0. The molecule has 1 aromatic rings. The first-order valence-corrected chi connectivity index (χ1v) is 6.63. The molecule has 0 spiro atoms. The maximum atomic E-state index is 11.1. The average Bonchev–Trinajstić information content (AvgIpc) is 2.46. The molecular weight excluding hydrogens is 260 g/mol. The van der Waals surface area contributed by atoms with Gasteiger partial charge in [0.25, 0.3) is 0 Å². The number of nitro groups is 1. The third kappa shape index (κ3) is 2.96. The molecule has 8 heteroatoms. The molecule has 0 aromatic carbocycles. The Balaban J connectivity index is 2.32. The molecule has 2 rings (SSSR count). The van der Waals surface area contributed by atoms with Crippen molar-refractivity contribution in [3.8, 4) is 0 Å². The van der Waals surface area contributed by atoms with Gasteiger partial charge >= 0.3 is 5.69 Å². The summed E-state index contributed by atoms with van der Waals surface area (Å²) in [5.74, 6) is 0.804. The van der Waals surface area contributed by atoms with Gasteiger partial charge in [-0.25, -0.2) is 4.98 Å². The molecule has 0 amide bonds. The van der Waals surface area contributed by atoms with Crippen LogP contribution in [0.5, 0.6) is 0 Å². The predicted molar refractivity (Wildman–Crippen MR) is 77.2 cm³/mol. The van der Waals surface area contributed by atoms with Crippen molar-refractivity contribution in [3.63, 3.8) is 0 Å². The van der Waals surface area contributed by atoms with Crippen LogP contribution < -0.4 is 10.2 Å². The van der Waals surface area contributed by atoms with Crippen LogP contribution in [0.3, 0.4) is 0 Å². The molecule has 0 bridgehead atoms. The molecule has 1 unspecified atom stereocenters. The summed E-state index contributed by atoms with van der Waals surface area (Å²) in [6.45, 7) is 1.53. The Labute approximate surface area is 118 Å². The normalized spacial score (nSPS) is 19.2. The molecular formula is C12H20N6O2. The van der Waals surface area contributed by atoms with Crippen LogP contribution in [0.4, 0.5) is 17.5 Å². The average molecular weight is 280 g/mol. The first kappa shape index (κ1) is 14.4. The lowest BCUT2D eigenvalue weighted by Gasteiger charge is -2.36. The molecule has 1 aliphatic heterocycles. The lowest BCUT2D eigenvalue weighted by molar-refractivity contribution is -0.384. The molecule has 0 radical (unpaired) electrons. The SMILES string of the molecule is CNc1ncc([N+](=O)[O-])c(N2CCCC(N(C)C)C2)n1. The highest BCUT2D eigenvalue weighted by molar-refractivity contribution is 5.59. The third-order valence-corrected chi connectivity index (χ3v) is 3.60. The van der Waals surface area contributed by atoms with Gasteiger partial charge in [0, 0.05) is 26.2 Å². The topological polar surface area (TPSA) is 87.4 Å². The van der Waals surface area contributed by atoms with Gasteiger partial charge in [0.2, 0.25) is 11.8 Å². The van der Waals surface area contributed by atoms with Gasteiger partial charge in [-0.1, -0.05) is 0 Å². The zero-order chi connectivity index (χ0) is 14.7. The van der Waals surface area contributed by atoms with E-state index in [9.17, 15) is 10.1 Å². The van der Waals surface area contributed by atoms with Crippen LogP contribution in [-0.4, -0.2) is 60.1 Å². The standard InChI is InChI=1S/C12H20N6O2/c1-13-12-14-7-10(18(19)20)11(15-12)17-6-4-5-9(8-17)16(2)3/h7,9H,4-6,8H2,1-3H3,(H,13,14,15). The Morgan fingerprint density at radius 1 is 1.55 bits per heavy atom. The van der Waals surface area contributed by atoms with E-state index in [-0.39, 0.29) is 5.69 Å². The Hall–Kier alpha value is -1.96. The Morgan fingerprint density at radius 3 is 2.90 bits per heavy atom. The summed E-state index contributed by atoms with van der Waals surface area (Å²) in [5.41, 5.74) is -0.0385. The molecule has 0 saturated carbocycles. The maximum absolute atomic E-state index is 11.1. The monoisotopic (exact) mass is 280 g/mol. The summed E-state index contributed by atoms with van der Waals surface area (Å²) in [4.78, 5) is 23.1. The molecule has 1 aliphatic rings. The summed E-state index contributed by atoms with van der Waals surface area (Å²) in [5, 5.41) is 14.0. The molecule has 1 aromatic heterocycles. The molecule has 20 heavy (non-hydrogen) atoms. The highest BCUT2D eigenvalue weighted by Gasteiger charge is 2.28. The van der Waals surface area contributed by atoms with Crippen LogP contribution in [0.1, 0.15) is 12.8 Å². The number of piperidine rings is 1. The quantitative estimate of drug-likeness (QED) is 0.649. The fourth-order valence-corrected chi connectivity index (χ4v) is 2.42. The fraction of sp³-hybridized carbons (Fsp3) is 0.667. The van der Waals surface area contributed by atoms with Crippen molar-refractivity contribution in [2.24, 2.45) is 0 Å². The van der Waals surface area contributed by atoms with Gasteiger partial charge in [-0.2, -0.15) is 4.98 Å². The number of nitrogens with zero attached hydrogens (tertiary/aromatic N) is 5. The van der Waals surface area contributed by atoms with Crippen LogP contribution >= 0.6 is 0 Å². The Bertz CT molecular complexity index is 493. The number of likely N-dealkylation sites (N-methyl/N-ethyl adjacent to an activating group) is 1. The summed E-state index contributed by atoms with van der Waals surface area (Å²) in [6.07, 6.45) is 3.37. The minimum Gasteiger partial charge on any atom is -0.357 e. The number of hydrogen-bond donors (Lipinski definition) is 1. The number of anilines is 2. The van der Waals surface area contributed by atoms with Gasteiger partial charge in [0.1, 0.15) is 6.20 Å². The summed E-state index contributed by atoms with van der Waals surface area (Å²) < 4.78 is 0. The molecule has 1 fully saturated rings. The van der Waals surface area contributed by atoms with Gasteiger partial charge in [-0.3, -0.25) is 10.1 Å². The minimum absolute atomic E-state index is 0.0385. The molecule has 0 aliphatic carbocycles. The van der Waals surface area contributed by atoms with Gasteiger partial charge in [-0.15, -0.1) is 0 Å². The van der Waals surface area contributed by atoms with Crippen LogP contribution in [0.2, 0.25) is 0 Å². The van der Waals surface area contributed by atoms with Crippen molar-refractivity contribution in [1.82, 2.24) is 14.9 Å². The smallest absolute Gasteiger partial charge is 0.329 e. The lowest BCUT2D eigenvalue weighted by Crippen LogP contribution is -2.45. The van der Waals surface area contributed by atoms with Crippen molar-refractivity contribution in [3.05, 3.63) is 16.3 Å². The van der Waals surface area contributed by atoms with E-state index < -0.39 is 4.92 Å². The van der Waals surface area contributed by atoms with E-state index in [0.29, 0.717) is 17.8 Å². The van der Waals surface area contributed by atoms with E-state index in [1.165, 1.54) is 6.20 Å². The zero-order valence-electron chi connectivity index (χ0n) is 12.0. The number of nitrogens with one attached hydrogen (secondary N) is 1. The van der Waals surface area contributed by atoms with Gasteiger partial charge in [0.05, 0.1) is 4.92 Å². The molecule has 1 saturated heterocycles. The zero-order valence-corrected chi connectivity index (χ0v) is 12.0. The highest BCUT2D eigenvalue weighted by Crippen LogP contribution is 2.29. The number of hydrogen-bond acceptors (Lipinski definition) is 7. The van der Waals surface area contributed by atoms with Crippen molar-refractivity contribution in [1.29, 1.82) is 0 Å². The van der Waals surface area contributed by atoms with E-state index in [0.717, 1.165) is 25.9 Å². The number of aromatic nitrogens is 2. The first-order valence-electron chi connectivity index (χ1n) is 6.63. The van der Waals surface area contributed by atoms with E-state index >= 15 is 0 Å².